The number of urea groups is 1. The van der Waals surface area contributed by atoms with Gasteiger partial charge >= 0.3 is 6.03 Å². The van der Waals surface area contributed by atoms with Gasteiger partial charge in [0.1, 0.15) is 11.4 Å². The summed E-state index contributed by atoms with van der Waals surface area (Å²) in [5.41, 5.74) is 5.48. The molecule has 0 aromatic carbocycles. The summed E-state index contributed by atoms with van der Waals surface area (Å²) in [6.07, 6.45) is 3.56. The van der Waals surface area contributed by atoms with E-state index in [2.05, 4.69) is 4.99 Å². The molecule has 0 spiro atoms. The standard InChI is InChI=1S/C9H15N3O/c1-9(6-4-3-5-6)7(10)11-8(13)12(9)2/h6H,3-5H2,1-2H3,(H2,10,11,13). The molecule has 0 bridgehead atoms. The fraction of sp³-hybridized carbons (Fsp3) is 0.778. The van der Waals surface area contributed by atoms with Crippen LogP contribution in [0.4, 0.5) is 4.79 Å². The lowest BCUT2D eigenvalue weighted by Gasteiger charge is -2.43. The van der Waals surface area contributed by atoms with Crippen LogP contribution in [0, 0.1) is 5.92 Å². The Kier molecular flexibility index (Phi) is 1.62. The SMILES string of the molecule is CN1C(=O)N=C(N)C1(C)C1CCC1. The zero-order valence-electron chi connectivity index (χ0n) is 8.08. The van der Waals surface area contributed by atoms with Gasteiger partial charge in [0.25, 0.3) is 0 Å². The van der Waals surface area contributed by atoms with E-state index < -0.39 is 0 Å². The minimum Gasteiger partial charge on any atom is -0.385 e. The van der Waals surface area contributed by atoms with Gasteiger partial charge in [-0.1, -0.05) is 6.42 Å². The quantitative estimate of drug-likeness (QED) is 0.655. The summed E-state index contributed by atoms with van der Waals surface area (Å²) in [6.45, 7) is 2.01. The van der Waals surface area contributed by atoms with Crippen molar-refractivity contribution in [2.24, 2.45) is 16.6 Å². The van der Waals surface area contributed by atoms with Gasteiger partial charge in [-0.2, -0.15) is 4.99 Å². The van der Waals surface area contributed by atoms with Crippen LogP contribution in [0.25, 0.3) is 0 Å². The minimum atomic E-state index is -0.310. The molecule has 0 aromatic rings. The Morgan fingerprint density at radius 1 is 1.62 bits per heavy atom. The Hall–Kier alpha value is -1.06. The van der Waals surface area contributed by atoms with Crippen LogP contribution >= 0.6 is 0 Å². The van der Waals surface area contributed by atoms with Crippen molar-refractivity contribution in [3.05, 3.63) is 0 Å². The second-order valence-corrected chi connectivity index (χ2v) is 4.11. The van der Waals surface area contributed by atoms with Crippen molar-refractivity contribution in [2.75, 3.05) is 7.05 Å². The molecule has 0 radical (unpaired) electrons. The zero-order chi connectivity index (χ0) is 9.64. The number of amidine groups is 1. The Morgan fingerprint density at radius 2 is 2.23 bits per heavy atom. The molecule has 4 nitrogen and oxygen atoms in total. The highest BCUT2D eigenvalue weighted by molar-refractivity contribution is 6.05. The number of carbonyl (C=O) groups excluding carboxylic acids is 1. The second kappa shape index (κ2) is 2.47. The summed E-state index contributed by atoms with van der Waals surface area (Å²) >= 11 is 0. The van der Waals surface area contributed by atoms with Crippen LogP contribution in [0.15, 0.2) is 4.99 Å². The zero-order valence-corrected chi connectivity index (χ0v) is 8.08. The molecule has 1 heterocycles. The summed E-state index contributed by atoms with van der Waals surface area (Å²) in [7, 11) is 1.78. The van der Waals surface area contributed by atoms with E-state index in [9.17, 15) is 4.79 Å². The average Bonchev–Trinajstić information content (AvgIpc) is 2.13. The maximum Gasteiger partial charge on any atom is 0.345 e. The molecule has 2 amide bonds. The highest BCUT2D eigenvalue weighted by atomic mass is 16.2. The molecule has 2 aliphatic rings. The number of carbonyl (C=O) groups is 1. The topological polar surface area (TPSA) is 58.7 Å². The van der Waals surface area contributed by atoms with Crippen LogP contribution in [-0.2, 0) is 0 Å². The van der Waals surface area contributed by atoms with Crippen molar-refractivity contribution < 1.29 is 4.79 Å². The lowest BCUT2D eigenvalue weighted by atomic mass is 9.70. The molecule has 2 rings (SSSR count). The van der Waals surface area contributed by atoms with E-state index in [0.717, 1.165) is 12.8 Å². The highest BCUT2D eigenvalue weighted by Crippen LogP contribution is 2.41. The molecular formula is C9H15N3O. The van der Waals surface area contributed by atoms with E-state index in [4.69, 9.17) is 5.73 Å². The van der Waals surface area contributed by atoms with Gasteiger partial charge in [0, 0.05) is 7.05 Å². The first kappa shape index (κ1) is 8.53. The smallest absolute Gasteiger partial charge is 0.345 e. The number of hydrogen-bond donors (Lipinski definition) is 1. The number of rotatable bonds is 1. The molecule has 0 aromatic heterocycles. The van der Waals surface area contributed by atoms with Crippen molar-refractivity contribution in [3.8, 4) is 0 Å². The summed E-state index contributed by atoms with van der Waals surface area (Å²) in [4.78, 5) is 16.8. The number of nitrogens with zero attached hydrogens (tertiary/aromatic N) is 2. The lowest BCUT2D eigenvalue weighted by molar-refractivity contribution is 0.117. The Labute approximate surface area is 77.8 Å². The van der Waals surface area contributed by atoms with Gasteiger partial charge in [0.15, 0.2) is 0 Å². The molecular weight excluding hydrogens is 166 g/mol. The van der Waals surface area contributed by atoms with Crippen molar-refractivity contribution in [2.45, 2.75) is 31.7 Å². The first-order valence-corrected chi connectivity index (χ1v) is 4.69. The minimum absolute atomic E-state index is 0.202. The molecule has 1 saturated carbocycles. The summed E-state index contributed by atoms with van der Waals surface area (Å²) in [5.74, 6) is 0.998. The van der Waals surface area contributed by atoms with Crippen molar-refractivity contribution in [3.63, 3.8) is 0 Å². The highest BCUT2D eigenvalue weighted by Gasteiger charge is 2.49. The fourth-order valence-electron chi connectivity index (χ4n) is 2.12. The molecule has 1 aliphatic carbocycles. The molecule has 1 fully saturated rings. The van der Waals surface area contributed by atoms with Gasteiger partial charge in [-0.25, -0.2) is 4.79 Å². The van der Waals surface area contributed by atoms with E-state index in [-0.39, 0.29) is 11.6 Å². The molecule has 4 heteroatoms. The van der Waals surface area contributed by atoms with Crippen LogP contribution in [0.1, 0.15) is 26.2 Å². The van der Waals surface area contributed by atoms with Gasteiger partial charge in [-0.15, -0.1) is 0 Å². The summed E-state index contributed by atoms with van der Waals surface area (Å²) in [5, 5.41) is 0. The third-order valence-corrected chi connectivity index (χ3v) is 3.62. The monoisotopic (exact) mass is 181 g/mol. The van der Waals surface area contributed by atoms with Crippen molar-refractivity contribution in [1.29, 1.82) is 0 Å². The second-order valence-electron chi connectivity index (χ2n) is 4.11. The summed E-state index contributed by atoms with van der Waals surface area (Å²) in [6, 6.07) is -0.202. The Morgan fingerprint density at radius 3 is 2.54 bits per heavy atom. The van der Waals surface area contributed by atoms with Gasteiger partial charge in [0.2, 0.25) is 0 Å². The third-order valence-electron chi connectivity index (χ3n) is 3.62. The number of amides is 2. The first-order valence-electron chi connectivity index (χ1n) is 4.69. The normalized spacial score (nSPS) is 34.8. The Bertz CT molecular complexity index is 283. The van der Waals surface area contributed by atoms with E-state index in [1.807, 2.05) is 6.92 Å². The first-order chi connectivity index (χ1) is 6.06. The fourth-order valence-corrected chi connectivity index (χ4v) is 2.12. The van der Waals surface area contributed by atoms with Gasteiger partial charge in [-0.3, -0.25) is 0 Å². The van der Waals surface area contributed by atoms with E-state index in [0.29, 0.717) is 11.8 Å². The lowest BCUT2D eigenvalue weighted by Crippen LogP contribution is -2.57. The van der Waals surface area contributed by atoms with Crippen LogP contribution in [-0.4, -0.2) is 29.4 Å². The number of aliphatic imine (C=N–C) groups is 1. The maximum absolute atomic E-state index is 11.3. The Balaban J connectivity index is 2.30. The molecule has 2 N–H and O–H groups in total. The average molecular weight is 181 g/mol. The van der Waals surface area contributed by atoms with E-state index in [1.165, 1.54) is 6.42 Å². The van der Waals surface area contributed by atoms with E-state index in [1.54, 1.807) is 11.9 Å². The molecule has 1 aliphatic heterocycles. The van der Waals surface area contributed by atoms with Crippen molar-refractivity contribution >= 4 is 11.9 Å². The third kappa shape index (κ3) is 0.913. The number of nitrogens with two attached hydrogens (primary N) is 1. The predicted octanol–water partition coefficient (Wildman–Crippen LogP) is 0.968. The number of likely N-dealkylation sites (N-methyl/N-ethyl adjacent to an activating group) is 1. The molecule has 72 valence electrons. The van der Waals surface area contributed by atoms with E-state index >= 15 is 0 Å². The van der Waals surface area contributed by atoms with Crippen LogP contribution in [0.2, 0.25) is 0 Å². The molecule has 1 atom stereocenters. The predicted molar refractivity (Wildman–Crippen MR) is 50.5 cm³/mol. The summed E-state index contributed by atoms with van der Waals surface area (Å²) < 4.78 is 0. The maximum atomic E-state index is 11.3. The van der Waals surface area contributed by atoms with Crippen molar-refractivity contribution in [1.82, 2.24) is 4.90 Å². The number of hydrogen-bond acceptors (Lipinski definition) is 2. The largest absolute Gasteiger partial charge is 0.385 e. The van der Waals surface area contributed by atoms with Gasteiger partial charge < -0.3 is 10.6 Å². The molecule has 1 unspecified atom stereocenters. The van der Waals surface area contributed by atoms with Gasteiger partial charge in [-0.05, 0) is 25.7 Å². The molecule has 0 saturated heterocycles. The van der Waals surface area contributed by atoms with Gasteiger partial charge in [0.05, 0.1) is 0 Å². The van der Waals surface area contributed by atoms with Crippen LogP contribution < -0.4 is 5.73 Å². The molecule has 13 heavy (non-hydrogen) atoms. The van der Waals surface area contributed by atoms with Crippen LogP contribution in [0.5, 0.6) is 0 Å². The van der Waals surface area contributed by atoms with Crippen LogP contribution in [0.3, 0.4) is 0 Å².